The number of benzene rings is 2. The first-order chi connectivity index (χ1) is 22.0. The molecule has 3 aliphatic rings. The molecule has 13 heteroatoms. The Bertz CT molecular complexity index is 1870. The van der Waals surface area contributed by atoms with Gasteiger partial charge in [-0.3, -0.25) is 14.7 Å². The van der Waals surface area contributed by atoms with Gasteiger partial charge >= 0.3 is 6.01 Å². The van der Waals surface area contributed by atoms with Crippen LogP contribution >= 0.6 is 11.6 Å². The molecule has 8 nitrogen and oxygen atoms in total. The van der Waals surface area contributed by atoms with Gasteiger partial charge in [-0.2, -0.15) is 9.97 Å². The van der Waals surface area contributed by atoms with E-state index >= 15 is 13.2 Å². The maximum atomic E-state index is 16.6. The van der Waals surface area contributed by atoms with E-state index in [2.05, 4.69) is 26.4 Å². The SMILES string of the molecule is C=CC(=O)N1C[C@@H](N(C)c2nc(OC[C@@]34CCCN3C[C@H](F)C4)nc3c(F)c(-c4cccc5cccc(Cl)c45)ncc23)C(F)(F)C1. The quantitative estimate of drug-likeness (QED) is 0.177. The summed E-state index contributed by atoms with van der Waals surface area (Å²) in [5, 5.41) is 1.87. The van der Waals surface area contributed by atoms with Gasteiger partial charge in [-0.25, -0.2) is 17.6 Å². The van der Waals surface area contributed by atoms with Crippen molar-refractivity contribution >= 4 is 45.0 Å². The van der Waals surface area contributed by atoms with Crippen molar-refractivity contribution in [3.63, 3.8) is 0 Å². The third kappa shape index (κ3) is 5.02. The number of likely N-dealkylation sites (tertiary alicyclic amines) is 1. The minimum absolute atomic E-state index is 0.0324. The minimum atomic E-state index is -3.32. The summed E-state index contributed by atoms with van der Waals surface area (Å²) in [6, 6.07) is 8.93. The molecule has 0 unspecified atom stereocenters. The van der Waals surface area contributed by atoms with E-state index in [-0.39, 0.29) is 41.6 Å². The Kier molecular flexibility index (Phi) is 7.55. The van der Waals surface area contributed by atoms with Gasteiger partial charge in [-0.05, 0) is 36.9 Å². The minimum Gasteiger partial charge on any atom is -0.461 e. The number of amides is 1. The van der Waals surface area contributed by atoms with Crippen molar-refractivity contribution in [1.29, 1.82) is 0 Å². The molecule has 46 heavy (non-hydrogen) atoms. The van der Waals surface area contributed by atoms with Crippen LogP contribution in [0.4, 0.5) is 23.4 Å². The second-order valence-corrected chi connectivity index (χ2v) is 12.7. The molecule has 7 rings (SSSR count). The molecule has 0 N–H and O–H groups in total. The lowest BCUT2D eigenvalue weighted by Crippen LogP contribution is -2.46. The van der Waals surface area contributed by atoms with Gasteiger partial charge in [0.05, 0.1) is 17.5 Å². The largest absolute Gasteiger partial charge is 0.461 e. The lowest BCUT2D eigenvalue weighted by atomic mass is 9.95. The third-order valence-corrected chi connectivity index (χ3v) is 9.87. The molecule has 4 aromatic rings. The fourth-order valence-electron chi connectivity index (χ4n) is 7.30. The van der Waals surface area contributed by atoms with Crippen LogP contribution in [0.1, 0.15) is 19.3 Å². The molecule has 1 amide bonds. The van der Waals surface area contributed by atoms with Crippen molar-refractivity contribution in [2.75, 3.05) is 44.7 Å². The molecular formula is C33H31ClF4N6O2. The van der Waals surface area contributed by atoms with Gasteiger partial charge in [-0.15, -0.1) is 0 Å². The Labute approximate surface area is 267 Å². The normalized spacial score (nSPS) is 24.1. The van der Waals surface area contributed by atoms with E-state index in [9.17, 15) is 9.18 Å². The molecule has 0 saturated carbocycles. The Morgan fingerprint density at radius 3 is 2.78 bits per heavy atom. The van der Waals surface area contributed by atoms with Crippen LogP contribution < -0.4 is 9.64 Å². The van der Waals surface area contributed by atoms with E-state index in [0.29, 0.717) is 28.9 Å². The number of carbonyl (C=O) groups is 1. The first-order valence-electron chi connectivity index (χ1n) is 15.1. The number of hydrogen-bond acceptors (Lipinski definition) is 7. The molecule has 2 aromatic heterocycles. The first kappa shape index (κ1) is 30.6. The Balaban J connectivity index is 1.35. The summed E-state index contributed by atoms with van der Waals surface area (Å²) in [4.78, 5) is 29.9. The summed E-state index contributed by atoms with van der Waals surface area (Å²) in [6.07, 6.45) is 3.24. The van der Waals surface area contributed by atoms with Gasteiger partial charge in [0.2, 0.25) is 5.91 Å². The number of carbonyl (C=O) groups excluding carboxylic acids is 1. The van der Waals surface area contributed by atoms with Crippen molar-refractivity contribution in [2.45, 2.75) is 42.9 Å². The van der Waals surface area contributed by atoms with E-state index < -0.39 is 41.9 Å². The highest BCUT2D eigenvalue weighted by molar-refractivity contribution is 6.36. The van der Waals surface area contributed by atoms with E-state index in [1.807, 2.05) is 12.1 Å². The highest BCUT2D eigenvalue weighted by atomic mass is 35.5. The molecule has 0 spiro atoms. The molecule has 3 aliphatic heterocycles. The zero-order chi connectivity index (χ0) is 32.4. The van der Waals surface area contributed by atoms with Crippen LogP contribution in [0.3, 0.4) is 0 Å². The fourth-order valence-corrected chi connectivity index (χ4v) is 7.58. The molecule has 240 valence electrons. The zero-order valence-corrected chi connectivity index (χ0v) is 25.8. The predicted octanol–water partition coefficient (Wildman–Crippen LogP) is 6.06. The standard InChI is InChI=1S/C33H31ClF4N6O2/c1-3-25(45)43-16-24(33(37,38)17-43)42(2)30-22-14-39-28(21-9-4-7-19-8-5-10-23(34)26(19)21)27(36)29(22)40-31(41-30)46-18-32-11-6-12-44(32)15-20(35)13-32/h3-5,7-10,14,20,24H,1,6,11-13,15-18H2,2H3/t20-,24-,32+/m1/s1. The van der Waals surface area contributed by atoms with Crippen LogP contribution in [-0.2, 0) is 4.79 Å². The summed E-state index contributed by atoms with van der Waals surface area (Å²) < 4.78 is 68.0. The van der Waals surface area contributed by atoms with Crippen LogP contribution in [-0.4, -0.2) is 94.2 Å². The summed E-state index contributed by atoms with van der Waals surface area (Å²) in [5.41, 5.74) is -0.332. The monoisotopic (exact) mass is 654 g/mol. The Hall–Kier alpha value is -4.03. The number of anilines is 1. The van der Waals surface area contributed by atoms with Crippen molar-refractivity contribution < 1.29 is 27.1 Å². The van der Waals surface area contributed by atoms with Gasteiger partial charge in [0.25, 0.3) is 5.92 Å². The number of hydrogen-bond donors (Lipinski definition) is 0. The van der Waals surface area contributed by atoms with Crippen molar-refractivity contribution in [2.24, 2.45) is 0 Å². The maximum Gasteiger partial charge on any atom is 0.319 e. The molecule has 3 fully saturated rings. The van der Waals surface area contributed by atoms with E-state index in [0.717, 1.165) is 35.7 Å². The van der Waals surface area contributed by atoms with Crippen molar-refractivity contribution in [3.05, 3.63) is 66.1 Å². The van der Waals surface area contributed by atoms with Crippen molar-refractivity contribution in [3.8, 4) is 17.3 Å². The fraction of sp³-hybridized carbons (Fsp3) is 0.394. The zero-order valence-electron chi connectivity index (χ0n) is 25.0. The van der Waals surface area contributed by atoms with Gasteiger partial charge in [-0.1, -0.05) is 48.5 Å². The lowest BCUT2D eigenvalue weighted by Gasteiger charge is -2.32. The molecule has 0 aliphatic carbocycles. The molecule has 0 bridgehead atoms. The van der Waals surface area contributed by atoms with Gasteiger partial charge in [0.15, 0.2) is 5.82 Å². The smallest absolute Gasteiger partial charge is 0.319 e. The number of rotatable bonds is 7. The summed E-state index contributed by atoms with van der Waals surface area (Å²) >= 11 is 6.54. The van der Waals surface area contributed by atoms with Crippen LogP contribution in [0.25, 0.3) is 32.9 Å². The van der Waals surface area contributed by atoms with Gasteiger partial charge in [0, 0.05) is 48.7 Å². The average molecular weight is 655 g/mol. The molecule has 0 radical (unpaired) electrons. The summed E-state index contributed by atoms with van der Waals surface area (Å²) in [6.45, 7) is 3.40. The van der Waals surface area contributed by atoms with Crippen LogP contribution in [0, 0.1) is 5.82 Å². The van der Waals surface area contributed by atoms with E-state index in [1.165, 1.54) is 18.1 Å². The number of alkyl halides is 3. The van der Waals surface area contributed by atoms with E-state index in [4.69, 9.17) is 16.3 Å². The molecule has 3 saturated heterocycles. The third-order valence-electron chi connectivity index (χ3n) is 9.55. The number of ether oxygens (including phenoxy) is 1. The van der Waals surface area contributed by atoms with Crippen molar-refractivity contribution in [1.82, 2.24) is 24.8 Å². The predicted molar refractivity (Wildman–Crippen MR) is 168 cm³/mol. The molecule has 2 aromatic carbocycles. The number of likely N-dealkylation sites (N-methyl/N-ethyl adjacent to an activating group) is 1. The second-order valence-electron chi connectivity index (χ2n) is 12.3. The molecule has 5 heterocycles. The number of fused-ring (bicyclic) bond motifs is 3. The molecular weight excluding hydrogens is 624 g/mol. The Morgan fingerprint density at radius 1 is 1.22 bits per heavy atom. The summed E-state index contributed by atoms with van der Waals surface area (Å²) in [7, 11) is 1.41. The van der Waals surface area contributed by atoms with Crippen LogP contribution in [0.15, 0.2) is 55.3 Å². The number of nitrogens with zero attached hydrogens (tertiary/aromatic N) is 6. The molecule has 3 atom stereocenters. The average Bonchev–Trinajstić information content (AvgIpc) is 3.68. The highest BCUT2D eigenvalue weighted by Gasteiger charge is 2.52. The van der Waals surface area contributed by atoms with Crippen LogP contribution in [0.2, 0.25) is 5.02 Å². The van der Waals surface area contributed by atoms with E-state index in [1.54, 1.807) is 24.3 Å². The summed E-state index contributed by atoms with van der Waals surface area (Å²) in [5.74, 6) is -4.79. The van der Waals surface area contributed by atoms with Gasteiger partial charge < -0.3 is 14.5 Å². The lowest BCUT2D eigenvalue weighted by molar-refractivity contribution is -0.126. The maximum absolute atomic E-state index is 16.6. The number of aromatic nitrogens is 3. The topological polar surface area (TPSA) is 74.7 Å². The number of halogens is 5. The Morgan fingerprint density at radius 2 is 2.00 bits per heavy atom. The number of pyridine rings is 1. The highest BCUT2D eigenvalue weighted by Crippen LogP contribution is 2.42. The van der Waals surface area contributed by atoms with Gasteiger partial charge in [0.1, 0.15) is 35.8 Å². The first-order valence-corrected chi connectivity index (χ1v) is 15.5. The second kappa shape index (κ2) is 11.3. The van der Waals surface area contributed by atoms with Crippen LogP contribution in [0.5, 0.6) is 6.01 Å².